The third-order valence-corrected chi connectivity index (χ3v) is 4.02. The van der Waals surface area contributed by atoms with Crippen LogP contribution in [-0.4, -0.2) is 37.9 Å². The molecule has 0 saturated heterocycles. The third kappa shape index (κ3) is 2.94. The van der Waals surface area contributed by atoms with Gasteiger partial charge in [-0.15, -0.1) is 10.2 Å². The summed E-state index contributed by atoms with van der Waals surface area (Å²) >= 11 is 0. The molecule has 1 aliphatic carbocycles. The molecule has 3 aromatic rings. The quantitative estimate of drug-likeness (QED) is 0.680. The van der Waals surface area contributed by atoms with Gasteiger partial charge in [0.25, 0.3) is 0 Å². The topological polar surface area (TPSA) is 80.0 Å². The van der Waals surface area contributed by atoms with Crippen molar-refractivity contribution in [2.45, 2.75) is 25.7 Å². The summed E-state index contributed by atoms with van der Waals surface area (Å²) < 4.78 is 1.76. The number of aryl methyl sites for hydroxylation is 1. The molecule has 2 N–H and O–H groups in total. The summed E-state index contributed by atoms with van der Waals surface area (Å²) in [5, 5.41) is 19.4. The molecule has 0 aliphatic heterocycles. The van der Waals surface area contributed by atoms with Gasteiger partial charge in [0.15, 0.2) is 0 Å². The monoisotopic (exact) mass is 309 g/mol. The zero-order valence-electron chi connectivity index (χ0n) is 13.0. The van der Waals surface area contributed by atoms with Gasteiger partial charge in [-0.3, -0.25) is 0 Å². The van der Waals surface area contributed by atoms with E-state index < -0.39 is 0 Å². The summed E-state index contributed by atoms with van der Waals surface area (Å²) in [6.07, 6.45) is 5.90. The van der Waals surface area contributed by atoms with Gasteiger partial charge in [-0.2, -0.15) is 9.61 Å². The Morgan fingerprint density at radius 3 is 2.96 bits per heavy atom. The standard InChI is InChI=1S/C16H19N7/c1-11-3-2-6-18-15(11)19-8-7-17-14-9-13(12-4-5-12)22-23-10-20-21-16(14)23/h2-3,6,9-10,12,17H,4-5,7-8H2,1H3,(H,18,19). The van der Waals surface area contributed by atoms with Crippen molar-refractivity contribution in [1.82, 2.24) is 24.8 Å². The lowest BCUT2D eigenvalue weighted by atomic mass is 10.2. The number of aromatic nitrogens is 5. The van der Waals surface area contributed by atoms with E-state index >= 15 is 0 Å². The Bertz CT molecular complexity index is 822. The highest BCUT2D eigenvalue weighted by atomic mass is 15.3. The van der Waals surface area contributed by atoms with E-state index in [4.69, 9.17) is 0 Å². The van der Waals surface area contributed by atoms with E-state index in [1.54, 1.807) is 17.0 Å². The van der Waals surface area contributed by atoms with Crippen LogP contribution in [0.15, 0.2) is 30.7 Å². The number of anilines is 2. The van der Waals surface area contributed by atoms with E-state index in [1.807, 2.05) is 19.1 Å². The average Bonchev–Trinajstić information content (AvgIpc) is 3.30. The number of hydrogen-bond acceptors (Lipinski definition) is 6. The minimum Gasteiger partial charge on any atom is -0.380 e. The van der Waals surface area contributed by atoms with Crippen LogP contribution in [0.2, 0.25) is 0 Å². The van der Waals surface area contributed by atoms with Crippen LogP contribution >= 0.6 is 0 Å². The molecule has 0 radical (unpaired) electrons. The lowest BCUT2D eigenvalue weighted by molar-refractivity contribution is 0.850. The Morgan fingerprint density at radius 1 is 1.26 bits per heavy atom. The Balaban J connectivity index is 1.43. The predicted molar refractivity (Wildman–Crippen MR) is 88.7 cm³/mol. The minimum absolute atomic E-state index is 0.594. The first-order valence-corrected chi connectivity index (χ1v) is 7.91. The summed E-state index contributed by atoms with van der Waals surface area (Å²) in [5.41, 5.74) is 4.02. The van der Waals surface area contributed by atoms with Gasteiger partial charge in [0.2, 0.25) is 5.65 Å². The van der Waals surface area contributed by atoms with Crippen molar-refractivity contribution in [3.05, 3.63) is 42.0 Å². The molecular formula is C16H19N7. The maximum Gasteiger partial charge on any atom is 0.200 e. The maximum atomic E-state index is 4.57. The summed E-state index contributed by atoms with van der Waals surface area (Å²) in [4.78, 5) is 4.33. The van der Waals surface area contributed by atoms with Gasteiger partial charge in [0.05, 0.1) is 11.4 Å². The number of nitrogens with one attached hydrogen (secondary N) is 2. The summed E-state index contributed by atoms with van der Waals surface area (Å²) in [6.45, 7) is 3.60. The van der Waals surface area contributed by atoms with Crippen molar-refractivity contribution in [2.24, 2.45) is 0 Å². The average molecular weight is 309 g/mol. The summed E-state index contributed by atoms with van der Waals surface area (Å²) in [6, 6.07) is 6.10. The van der Waals surface area contributed by atoms with Crippen LogP contribution < -0.4 is 10.6 Å². The van der Waals surface area contributed by atoms with Gasteiger partial charge in [-0.1, -0.05) is 6.07 Å². The van der Waals surface area contributed by atoms with E-state index in [9.17, 15) is 0 Å². The Hall–Kier alpha value is -2.70. The highest BCUT2D eigenvalue weighted by Crippen LogP contribution is 2.39. The molecule has 3 heterocycles. The van der Waals surface area contributed by atoms with Crippen molar-refractivity contribution in [2.75, 3.05) is 23.7 Å². The van der Waals surface area contributed by atoms with Gasteiger partial charge < -0.3 is 10.6 Å². The molecule has 0 aromatic carbocycles. The first kappa shape index (κ1) is 13.9. The molecule has 7 heteroatoms. The molecule has 0 bridgehead atoms. The molecule has 0 unspecified atom stereocenters. The third-order valence-electron chi connectivity index (χ3n) is 4.02. The first-order valence-electron chi connectivity index (χ1n) is 7.91. The van der Waals surface area contributed by atoms with Crippen LogP contribution in [0, 0.1) is 6.92 Å². The Kier molecular flexibility index (Phi) is 3.53. The molecule has 1 fully saturated rings. The van der Waals surface area contributed by atoms with Crippen molar-refractivity contribution in [3.8, 4) is 0 Å². The molecular weight excluding hydrogens is 290 g/mol. The van der Waals surface area contributed by atoms with E-state index in [0.29, 0.717) is 5.92 Å². The fraction of sp³-hybridized carbons (Fsp3) is 0.375. The molecule has 0 atom stereocenters. The second-order valence-corrected chi connectivity index (χ2v) is 5.88. The highest BCUT2D eigenvalue weighted by Gasteiger charge is 2.26. The van der Waals surface area contributed by atoms with E-state index in [2.05, 4.69) is 37.0 Å². The fourth-order valence-electron chi connectivity index (χ4n) is 2.60. The lowest BCUT2D eigenvalue weighted by Gasteiger charge is -2.11. The van der Waals surface area contributed by atoms with Crippen molar-refractivity contribution >= 4 is 17.2 Å². The number of hydrogen-bond donors (Lipinski definition) is 2. The van der Waals surface area contributed by atoms with Gasteiger partial charge in [-0.25, -0.2) is 4.98 Å². The normalized spacial score (nSPS) is 14.1. The van der Waals surface area contributed by atoms with Gasteiger partial charge in [0.1, 0.15) is 12.1 Å². The molecule has 0 spiro atoms. The van der Waals surface area contributed by atoms with Gasteiger partial charge >= 0.3 is 0 Å². The maximum absolute atomic E-state index is 4.57. The zero-order valence-corrected chi connectivity index (χ0v) is 13.0. The number of pyridine rings is 1. The Morgan fingerprint density at radius 2 is 2.13 bits per heavy atom. The van der Waals surface area contributed by atoms with Crippen molar-refractivity contribution in [1.29, 1.82) is 0 Å². The predicted octanol–water partition coefficient (Wildman–Crippen LogP) is 2.23. The van der Waals surface area contributed by atoms with Crippen molar-refractivity contribution < 1.29 is 0 Å². The van der Waals surface area contributed by atoms with E-state index in [0.717, 1.165) is 41.5 Å². The Labute approximate surface area is 134 Å². The minimum atomic E-state index is 0.594. The van der Waals surface area contributed by atoms with Crippen LogP contribution in [0.5, 0.6) is 0 Å². The highest BCUT2D eigenvalue weighted by molar-refractivity contribution is 5.67. The summed E-state index contributed by atoms with van der Waals surface area (Å²) in [7, 11) is 0. The molecule has 3 aromatic heterocycles. The molecule has 23 heavy (non-hydrogen) atoms. The van der Waals surface area contributed by atoms with Gasteiger partial charge in [-0.05, 0) is 37.5 Å². The van der Waals surface area contributed by atoms with Crippen LogP contribution in [-0.2, 0) is 0 Å². The smallest absolute Gasteiger partial charge is 0.200 e. The SMILES string of the molecule is Cc1cccnc1NCCNc1cc(C2CC2)nn2cnnc12. The lowest BCUT2D eigenvalue weighted by Crippen LogP contribution is -2.16. The second kappa shape index (κ2) is 5.83. The second-order valence-electron chi connectivity index (χ2n) is 5.88. The molecule has 0 amide bonds. The zero-order chi connectivity index (χ0) is 15.6. The summed E-state index contributed by atoms with van der Waals surface area (Å²) in [5.74, 6) is 1.52. The number of rotatable bonds is 6. The van der Waals surface area contributed by atoms with Crippen LogP contribution in [0.1, 0.15) is 30.0 Å². The van der Waals surface area contributed by atoms with Crippen LogP contribution in [0.25, 0.3) is 5.65 Å². The largest absolute Gasteiger partial charge is 0.380 e. The van der Waals surface area contributed by atoms with E-state index in [1.165, 1.54) is 12.8 Å². The molecule has 1 aliphatic rings. The molecule has 1 saturated carbocycles. The van der Waals surface area contributed by atoms with Crippen LogP contribution in [0.3, 0.4) is 0 Å². The van der Waals surface area contributed by atoms with Crippen LogP contribution in [0.4, 0.5) is 11.5 Å². The molecule has 4 rings (SSSR count). The number of fused-ring (bicyclic) bond motifs is 1. The fourth-order valence-corrected chi connectivity index (χ4v) is 2.60. The number of nitrogens with zero attached hydrogens (tertiary/aromatic N) is 5. The molecule has 7 nitrogen and oxygen atoms in total. The van der Waals surface area contributed by atoms with Gasteiger partial charge in [0, 0.05) is 25.2 Å². The molecule has 118 valence electrons. The first-order chi connectivity index (χ1) is 11.3. The van der Waals surface area contributed by atoms with E-state index in [-0.39, 0.29) is 0 Å². The van der Waals surface area contributed by atoms with Crippen molar-refractivity contribution in [3.63, 3.8) is 0 Å².